The predicted molar refractivity (Wildman–Crippen MR) is 109 cm³/mol. The van der Waals surface area contributed by atoms with Crippen LogP contribution in [0.2, 0.25) is 0 Å². The van der Waals surface area contributed by atoms with Gasteiger partial charge in [0.05, 0.1) is 0 Å². The molecule has 3 nitrogen and oxygen atoms in total. The van der Waals surface area contributed by atoms with Crippen LogP contribution < -0.4 is 10.6 Å². The molecule has 0 bridgehead atoms. The molecule has 2 aliphatic rings. The van der Waals surface area contributed by atoms with Crippen LogP contribution in [-0.4, -0.2) is 30.8 Å². The maximum Gasteiger partial charge on any atom is 0.237 e. The Balaban J connectivity index is 0.00000210. The minimum Gasteiger partial charge on any atom is -0.350 e. The van der Waals surface area contributed by atoms with Crippen molar-refractivity contribution in [1.82, 2.24) is 10.6 Å². The number of piperidine rings is 1. The van der Waals surface area contributed by atoms with Crippen molar-refractivity contribution in [2.45, 2.75) is 30.1 Å². The zero-order chi connectivity index (χ0) is 18.1. The summed E-state index contributed by atoms with van der Waals surface area (Å²) in [5, 5.41) is 8.33. The lowest BCUT2D eigenvalue weighted by molar-refractivity contribution is -0.121. The van der Waals surface area contributed by atoms with Gasteiger partial charge in [-0.1, -0.05) is 6.07 Å². The third-order valence-corrected chi connectivity index (χ3v) is 7.33. The number of nitrogens with one attached hydrogen (secondary N) is 2. The molecule has 1 aromatic heterocycles. The van der Waals surface area contributed by atoms with Crippen LogP contribution in [0.15, 0.2) is 29.6 Å². The SMILES string of the molecule is Cl.O=C(NC1CNCCC1c1ccc(F)c(F)c1)C1SCCc2sccc21. The summed E-state index contributed by atoms with van der Waals surface area (Å²) in [5.41, 5.74) is 1.86. The lowest BCUT2D eigenvalue weighted by atomic mass is 9.85. The smallest absolute Gasteiger partial charge is 0.237 e. The second kappa shape index (κ2) is 8.90. The number of carbonyl (C=O) groups is 1. The summed E-state index contributed by atoms with van der Waals surface area (Å²) in [6.45, 7) is 1.42. The van der Waals surface area contributed by atoms with Gasteiger partial charge in [0.2, 0.25) is 5.91 Å². The van der Waals surface area contributed by atoms with Gasteiger partial charge in [-0.05, 0) is 59.8 Å². The van der Waals surface area contributed by atoms with E-state index in [2.05, 4.69) is 10.6 Å². The molecule has 3 unspecified atom stereocenters. The van der Waals surface area contributed by atoms with Crippen molar-refractivity contribution in [3.05, 3.63) is 57.3 Å². The van der Waals surface area contributed by atoms with Gasteiger partial charge >= 0.3 is 0 Å². The van der Waals surface area contributed by atoms with Crippen molar-refractivity contribution in [2.75, 3.05) is 18.8 Å². The summed E-state index contributed by atoms with van der Waals surface area (Å²) >= 11 is 3.38. The van der Waals surface area contributed by atoms with Crippen LogP contribution in [0, 0.1) is 11.6 Å². The molecule has 3 atom stereocenters. The Morgan fingerprint density at radius 3 is 2.89 bits per heavy atom. The third kappa shape index (κ3) is 4.31. The second-order valence-corrected chi connectivity index (χ2v) is 8.90. The molecule has 27 heavy (non-hydrogen) atoms. The van der Waals surface area contributed by atoms with E-state index in [9.17, 15) is 13.6 Å². The molecule has 2 aromatic rings. The van der Waals surface area contributed by atoms with Gasteiger partial charge in [-0.3, -0.25) is 4.79 Å². The number of thiophene rings is 1. The van der Waals surface area contributed by atoms with Crippen LogP contribution in [-0.2, 0) is 11.2 Å². The summed E-state index contributed by atoms with van der Waals surface area (Å²) in [5.74, 6) is -0.744. The van der Waals surface area contributed by atoms with E-state index in [1.165, 1.54) is 17.0 Å². The van der Waals surface area contributed by atoms with Crippen molar-refractivity contribution in [3.8, 4) is 0 Å². The molecule has 3 heterocycles. The number of hydrogen-bond donors (Lipinski definition) is 2. The number of fused-ring (bicyclic) bond motifs is 1. The summed E-state index contributed by atoms with van der Waals surface area (Å²) in [6.07, 6.45) is 1.79. The molecule has 0 aliphatic carbocycles. The van der Waals surface area contributed by atoms with Crippen LogP contribution in [0.5, 0.6) is 0 Å². The van der Waals surface area contributed by atoms with Crippen molar-refractivity contribution in [1.29, 1.82) is 0 Å². The van der Waals surface area contributed by atoms with Crippen LogP contribution in [0.1, 0.15) is 33.6 Å². The molecular weight excluding hydrogens is 410 g/mol. The van der Waals surface area contributed by atoms with Gasteiger partial charge in [0.15, 0.2) is 11.6 Å². The molecule has 1 aromatic carbocycles. The predicted octanol–water partition coefficient (Wildman–Crippen LogP) is 4.04. The Morgan fingerprint density at radius 2 is 2.07 bits per heavy atom. The molecular formula is C19H21ClF2N2OS2. The number of aryl methyl sites for hydroxylation is 1. The van der Waals surface area contributed by atoms with E-state index in [1.807, 2.05) is 11.4 Å². The van der Waals surface area contributed by atoms with E-state index >= 15 is 0 Å². The molecule has 2 N–H and O–H groups in total. The number of carbonyl (C=O) groups excluding carboxylic acids is 1. The highest BCUT2D eigenvalue weighted by molar-refractivity contribution is 8.00. The first-order valence-corrected chi connectivity index (χ1v) is 10.7. The average molecular weight is 431 g/mol. The summed E-state index contributed by atoms with van der Waals surface area (Å²) < 4.78 is 26.9. The quantitative estimate of drug-likeness (QED) is 0.772. The van der Waals surface area contributed by atoms with Crippen molar-refractivity contribution in [2.24, 2.45) is 0 Å². The Morgan fingerprint density at radius 1 is 1.22 bits per heavy atom. The van der Waals surface area contributed by atoms with Crippen LogP contribution in [0.4, 0.5) is 8.78 Å². The summed E-state index contributed by atoms with van der Waals surface area (Å²) in [7, 11) is 0. The first-order chi connectivity index (χ1) is 12.6. The fourth-order valence-electron chi connectivity index (χ4n) is 3.77. The molecule has 1 amide bonds. The maximum atomic E-state index is 13.7. The molecule has 4 rings (SSSR count). The molecule has 1 fully saturated rings. The summed E-state index contributed by atoms with van der Waals surface area (Å²) in [6, 6.07) is 5.96. The van der Waals surface area contributed by atoms with Crippen molar-refractivity contribution >= 4 is 41.4 Å². The average Bonchev–Trinajstić information content (AvgIpc) is 3.13. The number of thioether (sulfide) groups is 1. The maximum absolute atomic E-state index is 13.7. The number of halogens is 3. The van der Waals surface area contributed by atoms with Gasteiger partial charge in [-0.25, -0.2) is 8.78 Å². The number of hydrogen-bond acceptors (Lipinski definition) is 4. The van der Waals surface area contributed by atoms with Gasteiger partial charge in [0, 0.05) is 23.4 Å². The highest BCUT2D eigenvalue weighted by Gasteiger charge is 2.33. The Kier molecular flexibility index (Phi) is 6.78. The molecule has 0 saturated carbocycles. The molecule has 0 spiro atoms. The van der Waals surface area contributed by atoms with E-state index < -0.39 is 11.6 Å². The van der Waals surface area contributed by atoms with E-state index in [-0.39, 0.29) is 35.5 Å². The number of benzene rings is 1. The highest BCUT2D eigenvalue weighted by atomic mass is 35.5. The van der Waals surface area contributed by atoms with E-state index in [0.29, 0.717) is 6.54 Å². The zero-order valence-electron chi connectivity index (χ0n) is 14.5. The molecule has 146 valence electrons. The van der Waals surface area contributed by atoms with Gasteiger partial charge in [-0.2, -0.15) is 0 Å². The minimum atomic E-state index is -0.841. The third-order valence-electron chi connectivity index (χ3n) is 5.10. The standard InChI is InChI=1S/C19H20F2N2OS2.ClH/c20-14-2-1-11(9-15(14)21)12-3-6-22-10-16(12)23-19(24)18-13-4-7-25-17(13)5-8-26-18;/h1-2,4,7,9,12,16,18,22H,3,5-6,8,10H2,(H,23,24);1H. The highest BCUT2D eigenvalue weighted by Crippen LogP contribution is 2.39. The first-order valence-electron chi connectivity index (χ1n) is 8.77. The Labute approximate surface area is 171 Å². The molecule has 2 aliphatic heterocycles. The normalized spacial score (nSPS) is 24.6. The fraction of sp³-hybridized carbons (Fsp3) is 0.421. The molecule has 1 saturated heterocycles. The van der Waals surface area contributed by atoms with E-state index in [0.717, 1.165) is 36.3 Å². The van der Waals surface area contributed by atoms with Crippen molar-refractivity contribution < 1.29 is 13.6 Å². The largest absolute Gasteiger partial charge is 0.350 e. The second-order valence-electron chi connectivity index (χ2n) is 6.69. The van der Waals surface area contributed by atoms with Crippen LogP contribution in [0.25, 0.3) is 0 Å². The summed E-state index contributed by atoms with van der Waals surface area (Å²) in [4.78, 5) is 14.2. The Hall–Kier alpha value is -1.15. The van der Waals surface area contributed by atoms with Gasteiger partial charge in [-0.15, -0.1) is 35.5 Å². The van der Waals surface area contributed by atoms with Gasteiger partial charge in [0.25, 0.3) is 0 Å². The first kappa shape index (κ1) is 20.6. The molecule has 0 radical (unpaired) electrons. The topological polar surface area (TPSA) is 41.1 Å². The Bertz CT molecular complexity index is 817. The molecule has 8 heteroatoms. The number of rotatable bonds is 3. The van der Waals surface area contributed by atoms with Crippen LogP contribution in [0.3, 0.4) is 0 Å². The zero-order valence-corrected chi connectivity index (χ0v) is 17.0. The lowest BCUT2D eigenvalue weighted by Gasteiger charge is -2.34. The monoisotopic (exact) mass is 430 g/mol. The van der Waals surface area contributed by atoms with Crippen LogP contribution >= 0.6 is 35.5 Å². The minimum absolute atomic E-state index is 0. The van der Waals surface area contributed by atoms with E-state index in [1.54, 1.807) is 29.2 Å². The number of amides is 1. The fourth-order valence-corrected chi connectivity index (χ4v) is 6.08. The lowest BCUT2D eigenvalue weighted by Crippen LogP contribution is -2.51. The van der Waals surface area contributed by atoms with Gasteiger partial charge < -0.3 is 10.6 Å². The van der Waals surface area contributed by atoms with Crippen molar-refractivity contribution in [3.63, 3.8) is 0 Å². The van der Waals surface area contributed by atoms with E-state index in [4.69, 9.17) is 0 Å². The van der Waals surface area contributed by atoms with Gasteiger partial charge in [0.1, 0.15) is 5.25 Å².